The molecule has 0 radical (unpaired) electrons. The van der Waals surface area contributed by atoms with Crippen LogP contribution in [-0.4, -0.2) is 17.1 Å². The van der Waals surface area contributed by atoms with Gasteiger partial charge in [-0.2, -0.15) is 10.1 Å². The van der Waals surface area contributed by atoms with Gasteiger partial charge in [0.05, 0.1) is 22.9 Å². The highest BCUT2D eigenvalue weighted by Crippen LogP contribution is 2.31. The first-order valence-electron chi connectivity index (χ1n) is 8.71. The Kier molecular flexibility index (Phi) is 5.60. The molecule has 0 fully saturated rings. The average molecular weight is 450 g/mol. The van der Waals surface area contributed by atoms with Gasteiger partial charge in [-0.05, 0) is 29.3 Å². The SMILES string of the molecule is O=C(Cc1ccccc1)N(/N=C/c1ccccc1)c1nc2ccc(Br)cc2s1. The molecule has 6 heteroatoms. The fourth-order valence-corrected chi connectivity index (χ4v) is 4.20. The first kappa shape index (κ1) is 18.5. The van der Waals surface area contributed by atoms with E-state index in [1.54, 1.807) is 6.21 Å². The summed E-state index contributed by atoms with van der Waals surface area (Å²) in [5, 5.41) is 6.43. The van der Waals surface area contributed by atoms with Crippen LogP contribution in [0, 0.1) is 0 Å². The van der Waals surface area contributed by atoms with Gasteiger partial charge in [-0.3, -0.25) is 4.79 Å². The second-order valence-corrected chi connectivity index (χ2v) is 8.06. The molecule has 4 nitrogen and oxygen atoms in total. The van der Waals surface area contributed by atoms with E-state index >= 15 is 0 Å². The monoisotopic (exact) mass is 449 g/mol. The number of anilines is 1. The van der Waals surface area contributed by atoms with E-state index in [2.05, 4.69) is 26.0 Å². The summed E-state index contributed by atoms with van der Waals surface area (Å²) in [6.07, 6.45) is 1.94. The van der Waals surface area contributed by atoms with Crippen molar-refractivity contribution in [3.63, 3.8) is 0 Å². The van der Waals surface area contributed by atoms with E-state index < -0.39 is 0 Å². The van der Waals surface area contributed by atoms with Crippen LogP contribution in [0.3, 0.4) is 0 Å². The number of fused-ring (bicyclic) bond motifs is 1. The number of benzene rings is 3. The number of halogens is 1. The fraction of sp³-hybridized carbons (Fsp3) is 0.0455. The minimum absolute atomic E-state index is 0.128. The van der Waals surface area contributed by atoms with Crippen molar-refractivity contribution in [3.05, 3.63) is 94.5 Å². The van der Waals surface area contributed by atoms with Gasteiger partial charge in [-0.25, -0.2) is 4.98 Å². The Balaban J connectivity index is 1.69. The van der Waals surface area contributed by atoms with Crippen molar-refractivity contribution in [2.45, 2.75) is 6.42 Å². The standard InChI is InChI=1S/C22H16BrN3OS/c23-18-11-12-19-20(14-18)28-22(25-19)26(24-15-17-9-5-2-6-10-17)21(27)13-16-7-3-1-4-8-16/h1-12,14-15H,13H2/b24-15+. The van der Waals surface area contributed by atoms with Crippen LogP contribution in [0.15, 0.2) is 88.4 Å². The van der Waals surface area contributed by atoms with Gasteiger partial charge in [-0.15, -0.1) is 0 Å². The Hall–Kier alpha value is -2.83. The Morgan fingerprint density at radius 3 is 2.50 bits per heavy atom. The third kappa shape index (κ3) is 4.35. The molecule has 1 aromatic heterocycles. The first-order chi connectivity index (χ1) is 13.7. The van der Waals surface area contributed by atoms with E-state index in [0.29, 0.717) is 5.13 Å². The van der Waals surface area contributed by atoms with Crippen molar-refractivity contribution < 1.29 is 4.79 Å². The number of hydrazone groups is 1. The van der Waals surface area contributed by atoms with Crippen LogP contribution in [0.2, 0.25) is 0 Å². The summed E-state index contributed by atoms with van der Waals surface area (Å²) in [6, 6.07) is 25.2. The lowest BCUT2D eigenvalue weighted by Gasteiger charge is -2.13. The van der Waals surface area contributed by atoms with Gasteiger partial charge in [0.25, 0.3) is 5.91 Å². The molecular formula is C22H16BrN3OS. The van der Waals surface area contributed by atoms with Crippen LogP contribution in [-0.2, 0) is 11.2 Å². The number of carbonyl (C=O) groups is 1. The van der Waals surface area contributed by atoms with Gasteiger partial charge in [-0.1, -0.05) is 87.9 Å². The summed E-state index contributed by atoms with van der Waals surface area (Å²) in [5.41, 5.74) is 2.70. The lowest BCUT2D eigenvalue weighted by molar-refractivity contribution is -0.118. The summed E-state index contributed by atoms with van der Waals surface area (Å²) in [5.74, 6) is -0.128. The lowest BCUT2D eigenvalue weighted by Crippen LogP contribution is -2.27. The highest BCUT2D eigenvalue weighted by Gasteiger charge is 2.19. The Bertz CT molecular complexity index is 1130. The summed E-state index contributed by atoms with van der Waals surface area (Å²) in [7, 11) is 0. The van der Waals surface area contributed by atoms with Crippen LogP contribution in [0.1, 0.15) is 11.1 Å². The normalized spacial score (nSPS) is 11.2. The van der Waals surface area contributed by atoms with Crippen LogP contribution >= 0.6 is 27.3 Å². The molecule has 3 aromatic carbocycles. The van der Waals surface area contributed by atoms with Gasteiger partial charge in [0.15, 0.2) is 0 Å². The lowest BCUT2D eigenvalue weighted by atomic mass is 10.1. The van der Waals surface area contributed by atoms with E-state index in [1.807, 2.05) is 78.9 Å². The third-order valence-electron chi connectivity index (χ3n) is 4.08. The third-order valence-corrected chi connectivity index (χ3v) is 5.56. The maximum absolute atomic E-state index is 13.0. The molecular weight excluding hydrogens is 434 g/mol. The average Bonchev–Trinajstić information content (AvgIpc) is 3.12. The van der Waals surface area contributed by atoms with Gasteiger partial charge in [0, 0.05) is 4.47 Å². The zero-order chi connectivity index (χ0) is 19.3. The van der Waals surface area contributed by atoms with Crippen molar-refractivity contribution in [1.82, 2.24) is 4.98 Å². The molecule has 0 N–H and O–H groups in total. The minimum Gasteiger partial charge on any atom is -0.272 e. The molecule has 0 aliphatic heterocycles. The van der Waals surface area contributed by atoms with E-state index in [0.717, 1.165) is 25.8 Å². The molecule has 0 saturated heterocycles. The molecule has 1 heterocycles. The highest BCUT2D eigenvalue weighted by molar-refractivity contribution is 9.10. The van der Waals surface area contributed by atoms with E-state index in [-0.39, 0.29) is 12.3 Å². The molecule has 4 rings (SSSR count). The molecule has 0 aliphatic carbocycles. The number of hydrogen-bond donors (Lipinski definition) is 0. The molecule has 0 spiro atoms. The quantitative estimate of drug-likeness (QED) is 0.291. The molecule has 1 amide bonds. The number of nitrogens with zero attached hydrogens (tertiary/aromatic N) is 3. The van der Waals surface area contributed by atoms with Crippen molar-refractivity contribution in [3.8, 4) is 0 Å². The van der Waals surface area contributed by atoms with Gasteiger partial charge in [0.1, 0.15) is 0 Å². The second kappa shape index (κ2) is 8.46. The van der Waals surface area contributed by atoms with Gasteiger partial charge < -0.3 is 0 Å². The van der Waals surface area contributed by atoms with Crippen LogP contribution < -0.4 is 5.01 Å². The maximum atomic E-state index is 13.0. The summed E-state index contributed by atoms with van der Waals surface area (Å²) in [6.45, 7) is 0. The van der Waals surface area contributed by atoms with Crippen molar-refractivity contribution >= 4 is 54.7 Å². The smallest absolute Gasteiger partial charge is 0.253 e. The largest absolute Gasteiger partial charge is 0.272 e. The van der Waals surface area contributed by atoms with Gasteiger partial charge in [0.2, 0.25) is 5.13 Å². The van der Waals surface area contributed by atoms with E-state index in [1.165, 1.54) is 16.3 Å². The van der Waals surface area contributed by atoms with E-state index in [4.69, 9.17) is 0 Å². The molecule has 28 heavy (non-hydrogen) atoms. The number of aromatic nitrogens is 1. The Morgan fingerprint density at radius 1 is 1.04 bits per heavy atom. The second-order valence-electron chi connectivity index (χ2n) is 6.13. The zero-order valence-electron chi connectivity index (χ0n) is 14.8. The topological polar surface area (TPSA) is 45.6 Å². The van der Waals surface area contributed by atoms with Crippen molar-refractivity contribution in [1.29, 1.82) is 0 Å². The van der Waals surface area contributed by atoms with Gasteiger partial charge >= 0.3 is 0 Å². The molecule has 0 atom stereocenters. The number of rotatable bonds is 5. The summed E-state index contributed by atoms with van der Waals surface area (Å²) >= 11 is 4.93. The number of carbonyl (C=O) groups excluding carboxylic acids is 1. The molecule has 0 aliphatic rings. The summed E-state index contributed by atoms with van der Waals surface area (Å²) < 4.78 is 1.97. The first-order valence-corrected chi connectivity index (χ1v) is 10.3. The molecule has 4 aromatic rings. The Morgan fingerprint density at radius 2 is 1.75 bits per heavy atom. The number of hydrogen-bond acceptors (Lipinski definition) is 4. The molecule has 0 saturated carbocycles. The minimum atomic E-state index is -0.128. The molecule has 0 unspecified atom stereocenters. The number of thiazole rings is 1. The predicted molar refractivity (Wildman–Crippen MR) is 119 cm³/mol. The van der Waals surface area contributed by atoms with Crippen LogP contribution in [0.4, 0.5) is 5.13 Å². The highest BCUT2D eigenvalue weighted by atomic mass is 79.9. The Labute approximate surface area is 175 Å². The number of amides is 1. The summed E-state index contributed by atoms with van der Waals surface area (Å²) in [4.78, 5) is 17.7. The van der Waals surface area contributed by atoms with E-state index in [9.17, 15) is 4.79 Å². The fourth-order valence-electron chi connectivity index (χ4n) is 2.71. The van der Waals surface area contributed by atoms with Crippen LogP contribution in [0.5, 0.6) is 0 Å². The van der Waals surface area contributed by atoms with Crippen LogP contribution in [0.25, 0.3) is 10.2 Å². The molecule has 0 bridgehead atoms. The zero-order valence-corrected chi connectivity index (χ0v) is 17.2. The molecule has 138 valence electrons. The van der Waals surface area contributed by atoms with Crippen molar-refractivity contribution in [2.75, 3.05) is 5.01 Å². The maximum Gasteiger partial charge on any atom is 0.253 e. The van der Waals surface area contributed by atoms with Crippen molar-refractivity contribution in [2.24, 2.45) is 5.10 Å². The predicted octanol–water partition coefficient (Wildman–Crippen LogP) is 5.67.